The summed E-state index contributed by atoms with van der Waals surface area (Å²) in [5, 5.41) is 1.07. The Hall–Kier alpha value is -2.30. The third-order valence-corrected chi connectivity index (χ3v) is 3.98. The monoisotopic (exact) mass is 314 g/mol. The molecule has 0 unspecified atom stereocenters. The zero-order valence-electron chi connectivity index (χ0n) is 14.0. The topological polar surface area (TPSA) is 62.4 Å². The van der Waals surface area contributed by atoms with Crippen molar-refractivity contribution < 1.29 is 14.3 Å². The van der Waals surface area contributed by atoms with Gasteiger partial charge in [0.15, 0.2) is 5.78 Å². The highest BCUT2D eigenvalue weighted by Gasteiger charge is 2.26. The van der Waals surface area contributed by atoms with Crippen LogP contribution in [0.25, 0.3) is 10.9 Å². The van der Waals surface area contributed by atoms with Gasteiger partial charge in [-0.2, -0.15) is 0 Å². The molecule has 0 radical (unpaired) electrons. The van der Waals surface area contributed by atoms with E-state index < -0.39 is 5.60 Å². The van der Waals surface area contributed by atoms with E-state index in [1.54, 1.807) is 6.92 Å². The average Bonchev–Trinajstić information content (AvgIpc) is 2.99. The number of rotatable bonds is 3. The molecule has 0 bridgehead atoms. The van der Waals surface area contributed by atoms with E-state index in [2.05, 4.69) is 4.98 Å². The number of Topliss-reactive ketones (excluding diaryl/α,β-unsaturated/α-hetero) is 1. The summed E-state index contributed by atoms with van der Waals surface area (Å²) in [5.74, 6) is -0.192. The van der Waals surface area contributed by atoms with Gasteiger partial charge < -0.3 is 14.6 Å². The molecule has 2 heterocycles. The minimum Gasteiger partial charge on any atom is -0.459 e. The lowest BCUT2D eigenvalue weighted by Gasteiger charge is -2.23. The number of carbonyl (C=O) groups excluding carboxylic acids is 2. The highest BCUT2D eigenvalue weighted by atomic mass is 16.6. The summed E-state index contributed by atoms with van der Waals surface area (Å²) in [5.41, 5.74) is 3.36. The van der Waals surface area contributed by atoms with Crippen LogP contribution in [0.2, 0.25) is 0 Å². The molecule has 0 atom stereocenters. The first-order valence-electron chi connectivity index (χ1n) is 7.87. The number of hydrogen-bond donors (Lipinski definition) is 1. The second-order valence-electron chi connectivity index (χ2n) is 7.02. The number of anilines is 1. The van der Waals surface area contributed by atoms with E-state index in [-0.39, 0.29) is 18.3 Å². The Morgan fingerprint density at radius 1 is 1.30 bits per heavy atom. The van der Waals surface area contributed by atoms with Crippen molar-refractivity contribution in [1.29, 1.82) is 0 Å². The van der Waals surface area contributed by atoms with Crippen molar-refractivity contribution in [3.63, 3.8) is 0 Å². The van der Waals surface area contributed by atoms with Gasteiger partial charge in [-0.15, -0.1) is 0 Å². The summed E-state index contributed by atoms with van der Waals surface area (Å²) in [7, 11) is 0. The molecule has 5 heteroatoms. The lowest BCUT2D eigenvalue weighted by Crippen LogP contribution is -2.34. The maximum atomic E-state index is 12.1. The van der Waals surface area contributed by atoms with Crippen LogP contribution >= 0.6 is 0 Å². The second kappa shape index (κ2) is 5.41. The Labute approximate surface area is 135 Å². The number of aromatic amines is 1. The fourth-order valence-corrected chi connectivity index (χ4v) is 3.06. The molecule has 0 fully saturated rings. The highest BCUT2D eigenvalue weighted by molar-refractivity contribution is 6.00. The zero-order chi connectivity index (χ0) is 16.8. The van der Waals surface area contributed by atoms with E-state index in [0.29, 0.717) is 5.69 Å². The molecular weight excluding hydrogens is 292 g/mol. The first-order valence-corrected chi connectivity index (χ1v) is 7.87. The van der Waals surface area contributed by atoms with Crippen LogP contribution in [0.4, 0.5) is 5.69 Å². The fraction of sp³-hybridized carbons (Fsp3) is 0.444. The molecular formula is C18H22N2O3. The largest absolute Gasteiger partial charge is 0.459 e. The smallest absolute Gasteiger partial charge is 0.326 e. The van der Waals surface area contributed by atoms with Crippen molar-refractivity contribution in [2.75, 3.05) is 18.0 Å². The predicted octanol–water partition coefficient (Wildman–Crippen LogP) is 3.07. The minimum atomic E-state index is -0.472. The van der Waals surface area contributed by atoms with Gasteiger partial charge in [0.1, 0.15) is 12.1 Å². The number of hydrogen-bond acceptors (Lipinski definition) is 4. The summed E-state index contributed by atoms with van der Waals surface area (Å²) in [6.45, 7) is 8.20. The normalized spacial score (nSPS) is 14.2. The van der Waals surface area contributed by atoms with Crippen LogP contribution in [0.3, 0.4) is 0 Å². The molecule has 1 aromatic carbocycles. The van der Waals surface area contributed by atoms with E-state index in [4.69, 9.17) is 4.74 Å². The lowest BCUT2D eigenvalue weighted by molar-refractivity contribution is -0.152. The molecule has 122 valence electrons. The van der Waals surface area contributed by atoms with Gasteiger partial charge in [-0.05, 0) is 51.0 Å². The summed E-state index contributed by atoms with van der Waals surface area (Å²) in [6, 6.07) is 5.89. The molecule has 23 heavy (non-hydrogen) atoms. The number of benzene rings is 1. The third kappa shape index (κ3) is 3.09. The number of aromatic nitrogens is 1. The van der Waals surface area contributed by atoms with E-state index >= 15 is 0 Å². The molecule has 0 saturated heterocycles. The number of ether oxygens (including phenoxy) is 1. The van der Waals surface area contributed by atoms with Gasteiger partial charge >= 0.3 is 5.97 Å². The Morgan fingerprint density at radius 3 is 2.70 bits per heavy atom. The van der Waals surface area contributed by atoms with Gasteiger partial charge in [0.05, 0.1) is 5.69 Å². The predicted molar refractivity (Wildman–Crippen MR) is 90.1 cm³/mol. The standard InChI is InChI=1S/C18H22N2O3/c1-11(21)15-9-13-12-7-8-20(10-17(22)23-18(2,3)4)16(12)6-5-14(13)19-15/h5-6,9,19H,7-8,10H2,1-4H3. The highest BCUT2D eigenvalue weighted by Crippen LogP contribution is 2.34. The van der Waals surface area contributed by atoms with Gasteiger partial charge in [0.25, 0.3) is 0 Å². The number of nitrogens with one attached hydrogen (secondary N) is 1. The number of carbonyl (C=O) groups is 2. The molecule has 0 aliphatic carbocycles. The zero-order valence-corrected chi connectivity index (χ0v) is 14.0. The Balaban J connectivity index is 1.87. The number of esters is 1. The number of H-pyrrole nitrogens is 1. The van der Waals surface area contributed by atoms with E-state index in [1.165, 1.54) is 5.56 Å². The van der Waals surface area contributed by atoms with Gasteiger partial charge in [-0.3, -0.25) is 9.59 Å². The molecule has 3 rings (SSSR count). The number of nitrogens with zero attached hydrogens (tertiary/aromatic N) is 1. The molecule has 1 aliphatic heterocycles. The van der Waals surface area contributed by atoms with Crippen LogP contribution in [-0.2, 0) is 16.0 Å². The molecule has 2 aromatic rings. The summed E-state index contributed by atoms with van der Waals surface area (Å²) in [4.78, 5) is 28.8. The average molecular weight is 314 g/mol. The molecule has 5 nitrogen and oxygen atoms in total. The van der Waals surface area contributed by atoms with Crippen LogP contribution in [0, 0.1) is 0 Å². The summed E-state index contributed by atoms with van der Waals surface area (Å²) < 4.78 is 5.41. The van der Waals surface area contributed by atoms with Crippen molar-refractivity contribution >= 4 is 28.3 Å². The third-order valence-electron chi connectivity index (χ3n) is 3.98. The van der Waals surface area contributed by atoms with Crippen LogP contribution in [-0.4, -0.2) is 35.4 Å². The van der Waals surface area contributed by atoms with Crippen LogP contribution in [0.5, 0.6) is 0 Å². The molecule has 1 N–H and O–H groups in total. The Kier molecular flexibility index (Phi) is 3.66. The molecule has 0 saturated carbocycles. The molecule has 1 aliphatic rings. The molecule has 1 aromatic heterocycles. The van der Waals surface area contributed by atoms with E-state index in [9.17, 15) is 9.59 Å². The fourth-order valence-electron chi connectivity index (χ4n) is 3.06. The maximum Gasteiger partial charge on any atom is 0.326 e. The lowest BCUT2D eigenvalue weighted by atomic mass is 10.1. The minimum absolute atomic E-state index is 0.0264. The molecule has 0 spiro atoms. The van der Waals surface area contributed by atoms with Crippen LogP contribution in [0.15, 0.2) is 18.2 Å². The van der Waals surface area contributed by atoms with Gasteiger partial charge in [-0.25, -0.2) is 0 Å². The second-order valence-corrected chi connectivity index (χ2v) is 7.02. The maximum absolute atomic E-state index is 12.1. The van der Waals surface area contributed by atoms with Crippen LogP contribution < -0.4 is 4.90 Å². The molecule has 0 amide bonds. The first kappa shape index (κ1) is 15.6. The first-order chi connectivity index (χ1) is 10.7. The van der Waals surface area contributed by atoms with Crippen LogP contribution in [0.1, 0.15) is 43.7 Å². The van der Waals surface area contributed by atoms with Crippen molar-refractivity contribution in [2.45, 2.75) is 39.7 Å². The van der Waals surface area contributed by atoms with Crippen molar-refractivity contribution in [1.82, 2.24) is 4.98 Å². The summed E-state index contributed by atoms with van der Waals surface area (Å²) in [6.07, 6.45) is 0.866. The quantitative estimate of drug-likeness (QED) is 0.698. The SMILES string of the molecule is CC(=O)c1cc2c3c(ccc2[nH]1)N(CC(=O)OC(C)(C)C)CC3. The van der Waals surface area contributed by atoms with Crippen molar-refractivity contribution in [3.05, 3.63) is 29.5 Å². The van der Waals surface area contributed by atoms with Gasteiger partial charge in [-0.1, -0.05) is 0 Å². The van der Waals surface area contributed by atoms with E-state index in [1.807, 2.05) is 43.9 Å². The summed E-state index contributed by atoms with van der Waals surface area (Å²) >= 11 is 0. The van der Waals surface area contributed by atoms with E-state index in [0.717, 1.165) is 29.6 Å². The Bertz CT molecular complexity index is 783. The van der Waals surface area contributed by atoms with Gasteiger partial charge in [0, 0.05) is 30.1 Å². The number of fused-ring (bicyclic) bond motifs is 3. The van der Waals surface area contributed by atoms with Gasteiger partial charge in [0.2, 0.25) is 0 Å². The Morgan fingerprint density at radius 2 is 2.04 bits per heavy atom. The van der Waals surface area contributed by atoms with Crippen molar-refractivity contribution in [3.8, 4) is 0 Å². The number of ketones is 1. The van der Waals surface area contributed by atoms with Crippen molar-refractivity contribution in [2.24, 2.45) is 0 Å².